The van der Waals surface area contributed by atoms with Crippen LogP contribution in [0.15, 0.2) is 4.99 Å². The van der Waals surface area contributed by atoms with E-state index in [2.05, 4.69) is 56.8 Å². The highest BCUT2D eigenvalue weighted by atomic mass is 127. The molecular weight excluding hydrogens is 429 g/mol. The van der Waals surface area contributed by atoms with Gasteiger partial charge in [-0.3, -0.25) is 4.99 Å². The first-order valence-corrected chi connectivity index (χ1v) is 9.23. The van der Waals surface area contributed by atoms with Crippen molar-refractivity contribution in [1.29, 1.82) is 0 Å². The van der Waals surface area contributed by atoms with Crippen LogP contribution in [0.5, 0.6) is 0 Å². The minimum absolute atomic E-state index is 0. The van der Waals surface area contributed by atoms with Gasteiger partial charge in [0.2, 0.25) is 0 Å². The number of halogens is 1. The summed E-state index contributed by atoms with van der Waals surface area (Å²) in [5, 5.41) is 3.67. The molecule has 0 spiro atoms. The molecule has 2 atom stereocenters. The van der Waals surface area contributed by atoms with E-state index in [1.807, 2.05) is 14.2 Å². The minimum Gasteiger partial charge on any atom is -0.378 e. The molecule has 2 unspecified atom stereocenters. The first kappa shape index (κ1) is 23.0. The van der Waals surface area contributed by atoms with Gasteiger partial charge in [0.05, 0.1) is 17.3 Å². The first-order valence-electron chi connectivity index (χ1n) is 9.23. The lowest BCUT2D eigenvalue weighted by atomic mass is 9.56. The molecule has 0 amide bonds. The fraction of sp³-hybridized carbons (Fsp3) is 0.947. The average molecular weight is 467 g/mol. The number of hydrogen-bond donors (Lipinski definition) is 1. The van der Waals surface area contributed by atoms with E-state index in [9.17, 15) is 0 Å². The lowest BCUT2D eigenvalue weighted by molar-refractivity contribution is -0.177. The Morgan fingerprint density at radius 3 is 2.12 bits per heavy atom. The van der Waals surface area contributed by atoms with Crippen molar-refractivity contribution in [3.05, 3.63) is 0 Å². The highest BCUT2D eigenvalue weighted by Gasteiger charge is 2.58. The van der Waals surface area contributed by atoms with E-state index in [1.54, 1.807) is 0 Å². The van der Waals surface area contributed by atoms with Crippen molar-refractivity contribution in [2.24, 2.45) is 10.4 Å². The Morgan fingerprint density at radius 1 is 1.16 bits per heavy atom. The summed E-state index contributed by atoms with van der Waals surface area (Å²) < 4.78 is 11.9. The fourth-order valence-electron chi connectivity index (χ4n) is 3.86. The molecule has 6 heteroatoms. The molecule has 2 rings (SSSR count). The predicted octanol–water partition coefficient (Wildman–Crippen LogP) is 3.66. The monoisotopic (exact) mass is 467 g/mol. The lowest BCUT2D eigenvalue weighted by Crippen LogP contribution is -2.69. The van der Waals surface area contributed by atoms with Crippen LogP contribution in [0.25, 0.3) is 0 Å². The van der Waals surface area contributed by atoms with Gasteiger partial charge in [0.25, 0.3) is 0 Å². The summed E-state index contributed by atoms with van der Waals surface area (Å²) in [6.45, 7) is 15.1. The summed E-state index contributed by atoms with van der Waals surface area (Å²) in [5.41, 5.74) is -0.0320. The van der Waals surface area contributed by atoms with Crippen molar-refractivity contribution in [3.8, 4) is 0 Å². The van der Waals surface area contributed by atoms with E-state index in [-0.39, 0.29) is 40.6 Å². The van der Waals surface area contributed by atoms with Gasteiger partial charge in [-0.05, 0) is 47.0 Å². The maximum absolute atomic E-state index is 6.13. The molecule has 2 aliphatic rings. The van der Waals surface area contributed by atoms with Gasteiger partial charge in [0.15, 0.2) is 5.96 Å². The van der Waals surface area contributed by atoms with Crippen LogP contribution in [0.4, 0.5) is 0 Å². The number of nitrogens with zero attached hydrogens (tertiary/aromatic N) is 2. The third kappa shape index (κ3) is 5.01. The van der Waals surface area contributed by atoms with Crippen LogP contribution in [0.1, 0.15) is 60.8 Å². The average Bonchev–Trinajstić information content (AvgIpc) is 2.50. The molecule has 1 saturated carbocycles. The number of aliphatic imine (C=N–C) groups is 1. The van der Waals surface area contributed by atoms with E-state index in [1.165, 1.54) is 0 Å². The van der Waals surface area contributed by atoms with Gasteiger partial charge < -0.3 is 19.7 Å². The summed E-state index contributed by atoms with van der Waals surface area (Å²) in [7, 11) is 3.69. The normalized spacial score (nSPS) is 30.5. The van der Waals surface area contributed by atoms with Crippen molar-refractivity contribution in [2.75, 3.05) is 27.2 Å². The molecule has 25 heavy (non-hydrogen) atoms. The van der Waals surface area contributed by atoms with Gasteiger partial charge >= 0.3 is 0 Å². The number of piperidine rings is 1. The summed E-state index contributed by atoms with van der Waals surface area (Å²) in [4.78, 5) is 6.88. The second-order valence-corrected chi connectivity index (χ2v) is 9.02. The molecule has 0 aromatic carbocycles. The highest BCUT2D eigenvalue weighted by Crippen LogP contribution is 2.51. The van der Waals surface area contributed by atoms with Crippen LogP contribution in [0.2, 0.25) is 0 Å². The zero-order valence-corrected chi connectivity index (χ0v) is 19.6. The van der Waals surface area contributed by atoms with Crippen LogP contribution < -0.4 is 5.32 Å². The molecule has 0 radical (unpaired) electrons. The molecule has 1 aliphatic carbocycles. The Labute approximate surface area is 171 Å². The molecule has 148 valence electrons. The summed E-state index contributed by atoms with van der Waals surface area (Å²) in [6.07, 6.45) is 3.49. The second-order valence-electron chi connectivity index (χ2n) is 9.02. The first-order chi connectivity index (χ1) is 11.0. The predicted molar refractivity (Wildman–Crippen MR) is 115 cm³/mol. The number of ether oxygens (including phenoxy) is 2. The zero-order chi connectivity index (χ0) is 18.2. The molecule has 1 N–H and O–H groups in total. The van der Waals surface area contributed by atoms with Gasteiger partial charge in [-0.25, -0.2) is 0 Å². The largest absolute Gasteiger partial charge is 0.378 e. The van der Waals surface area contributed by atoms with Gasteiger partial charge in [-0.1, -0.05) is 13.8 Å². The third-order valence-corrected chi connectivity index (χ3v) is 6.06. The Hall–Kier alpha value is -0.0800. The van der Waals surface area contributed by atoms with Crippen molar-refractivity contribution >= 4 is 29.9 Å². The minimum atomic E-state index is -0.0622. The van der Waals surface area contributed by atoms with Crippen molar-refractivity contribution in [1.82, 2.24) is 10.2 Å². The second kappa shape index (κ2) is 8.30. The van der Waals surface area contributed by atoms with E-state index in [4.69, 9.17) is 9.47 Å². The van der Waals surface area contributed by atoms with Gasteiger partial charge in [-0.2, -0.15) is 0 Å². The molecule has 0 aromatic rings. The summed E-state index contributed by atoms with van der Waals surface area (Å²) >= 11 is 0. The van der Waals surface area contributed by atoms with Gasteiger partial charge in [-0.15, -0.1) is 24.0 Å². The molecule has 1 saturated heterocycles. The molecular formula is C19H38IN3O2. The summed E-state index contributed by atoms with van der Waals surface area (Å²) in [5.74, 6) is 1.01. The van der Waals surface area contributed by atoms with Crippen LogP contribution in [-0.4, -0.2) is 61.5 Å². The molecule has 0 aromatic heterocycles. The Morgan fingerprint density at radius 2 is 1.72 bits per heavy atom. The number of methoxy groups -OCH3 is 1. The molecule has 2 fully saturated rings. The molecule has 1 aliphatic heterocycles. The highest BCUT2D eigenvalue weighted by molar-refractivity contribution is 14.0. The molecule has 0 bridgehead atoms. The van der Waals surface area contributed by atoms with Crippen molar-refractivity contribution in [3.63, 3.8) is 0 Å². The van der Waals surface area contributed by atoms with Crippen molar-refractivity contribution in [2.45, 2.75) is 84.2 Å². The fourth-order valence-corrected chi connectivity index (χ4v) is 3.86. The van der Waals surface area contributed by atoms with Gasteiger partial charge in [0.1, 0.15) is 0 Å². The summed E-state index contributed by atoms with van der Waals surface area (Å²) in [6, 6.07) is 0.393. The van der Waals surface area contributed by atoms with E-state index in [0.717, 1.165) is 38.3 Å². The van der Waals surface area contributed by atoms with Crippen LogP contribution >= 0.6 is 24.0 Å². The van der Waals surface area contributed by atoms with Crippen molar-refractivity contribution < 1.29 is 9.47 Å². The SMILES string of the molecule is CN=C(NC1CC(C)(OC)C1(C)C)N1CCC(OC(C)(C)C)CC1.I. The maximum Gasteiger partial charge on any atom is 0.193 e. The maximum atomic E-state index is 6.13. The Kier molecular flexibility index (Phi) is 7.62. The van der Waals surface area contributed by atoms with Crippen LogP contribution in [0, 0.1) is 5.41 Å². The topological polar surface area (TPSA) is 46.1 Å². The number of guanidine groups is 1. The van der Waals surface area contributed by atoms with Gasteiger partial charge in [0, 0.05) is 38.7 Å². The quantitative estimate of drug-likeness (QED) is 0.391. The number of rotatable bonds is 3. The van der Waals surface area contributed by atoms with E-state index >= 15 is 0 Å². The number of hydrogen-bond acceptors (Lipinski definition) is 3. The number of nitrogens with one attached hydrogen (secondary N) is 1. The smallest absolute Gasteiger partial charge is 0.193 e. The molecule has 1 heterocycles. The Bertz CT molecular complexity index is 468. The third-order valence-electron chi connectivity index (χ3n) is 6.06. The standard InChI is InChI=1S/C19H37N3O2.HI/c1-17(2,3)24-14-9-11-22(12-10-14)16(20-7)21-15-13-19(6,23-8)18(15,4)5;/h14-15H,9-13H2,1-8H3,(H,20,21);1H. The molecule has 5 nitrogen and oxygen atoms in total. The zero-order valence-electron chi connectivity index (χ0n) is 17.3. The number of likely N-dealkylation sites (tertiary alicyclic amines) is 1. The van der Waals surface area contributed by atoms with E-state index < -0.39 is 0 Å². The Balaban J connectivity index is 0.00000312. The van der Waals surface area contributed by atoms with Crippen LogP contribution in [0.3, 0.4) is 0 Å². The lowest BCUT2D eigenvalue weighted by Gasteiger charge is -2.59. The van der Waals surface area contributed by atoms with Crippen LogP contribution in [-0.2, 0) is 9.47 Å². The van der Waals surface area contributed by atoms with E-state index in [0.29, 0.717) is 12.1 Å².